The normalized spacial score (nSPS) is 22.1. The Hall–Kier alpha value is -2.94. The highest BCUT2D eigenvalue weighted by Gasteiger charge is 2.35. The predicted molar refractivity (Wildman–Crippen MR) is 171 cm³/mol. The van der Waals surface area contributed by atoms with Gasteiger partial charge in [0.1, 0.15) is 5.75 Å². The van der Waals surface area contributed by atoms with Crippen molar-refractivity contribution >= 4 is 11.9 Å². The molecule has 1 amide bonds. The molecule has 2 aromatic rings. The quantitative estimate of drug-likeness (QED) is 0.367. The van der Waals surface area contributed by atoms with Gasteiger partial charge in [-0.1, -0.05) is 44.5 Å². The molecule has 0 radical (unpaired) electrons. The van der Waals surface area contributed by atoms with Gasteiger partial charge in [0.2, 0.25) is 0 Å². The van der Waals surface area contributed by atoms with Crippen LogP contribution in [0.25, 0.3) is 0 Å². The summed E-state index contributed by atoms with van der Waals surface area (Å²) < 4.78 is 5.08. The molecule has 0 aromatic heterocycles. The lowest BCUT2D eigenvalue weighted by atomic mass is 9.92. The maximum atomic E-state index is 13.8. The van der Waals surface area contributed by atoms with Gasteiger partial charge in [-0.15, -0.1) is 0 Å². The van der Waals surface area contributed by atoms with Crippen LogP contribution in [0.3, 0.4) is 0 Å². The Kier molecular flexibility index (Phi) is 12.0. The van der Waals surface area contributed by atoms with Crippen molar-refractivity contribution in [2.75, 3.05) is 59.0 Å². The van der Waals surface area contributed by atoms with Gasteiger partial charge in [0, 0.05) is 63.5 Å². The summed E-state index contributed by atoms with van der Waals surface area (Å²) in [4.78, 5) is 35.0. The SMILES string of the molecule is CCOC(=O)CCN1CCCN(C(=O)c2cccc([C@H](c3cccc(O)c3)N3C[C@@H](C)N(CC(C)CC)C[C@@H]3C)c2)CC1. The molecule has 236 valence electrons. The van der Waals surface area contributed by atoms with Gasteiger partial charge < -0.3 is 19.6 Å². The van der Waals surface area contributed by atoms with Gasteiger partial charge >= 0.3 is 5.97 Å². The average Bonchev–Trinajstić information content (AvgIpc) is 3.24. The number of amides is 1. The first-order valence-electron chi connectivity index (χ1n) is 16.3. The number of phenolic OH excluding ortho intramolecular Hbond substituents is 1. The molecule has 0 saturated carbocycles. The smallest absolute Gasteiger partial charge is 0.307 e. The number of piperazine rings is 1. The van der Waals surface area contributed by atoms with Crippen molar-refractivity contribution in [3.8, 4) is 5.75 Å². The molecule has 2 heterocycles. The number of esters is 1. The largest absolute Gasteiger partial charge is 0.508 e. The van der Waals surface area contributed by atoms with E-state index in [2.05, 4.69) is 60.6 Å². The highest BCUT2D eigenvalue weighted by Crippen LogP contribution is 2.35. The van der Waals surface area contributed by atoms with Crippen molar-refractivity contribution in [1.82, 2.24) is 19.6 Å². The first kappa shape index (κ1) is 33.0. The summed E-state index contributed by atoms with van der Waals surface area (Å²) in [5, 5.41) is 10.4. The standard InChI is InChI=1S/C35H52N4O4/c1-6-26(3)23-38-24-28(5)39(25-27(38)4)34(30-12-9-14-32(40)22-30)29-11-8-13-31(21-29)35(42)37-17-10-16-36(19-20-37)18-15-33(41)43-7-2/h8-9,11-14,21-22,26-28,34,40H,6-7,10,15-20,23-25H2,1-5H3/t26?,27-,28+,34-/m1/s1. The van der Waals surface area contributed by atoms with Gasteiger partial charge in [-0.3, -0.25) is 19.4 Å². The van der Waals surface area contributed by atoms with E-state index in [-0.39, 0.29) is 23.7 Å². The maximum absolute atomic E-state index is 13.8. The van der Waals surface area contributed by atoms with Gasteiger partial charge in [0.15, 0.2) is 0 Å². The van der Waals surface area contributed by atoms with E-state index in [0.29, 0.717) is 56.2 Å². The van der Waals surface area contributed by atoms with Crippen molar-refractivity contribution in [3.05, 3.63) is 65.2 Å². The molecule has 0 aliphatic carbocycles. The number of hydrogen-bond donors (Lipinski definition) is 1. The first-order valence-corrected chi connectivity index (χ1v) is 16.3. The minimum atomic E-state index is -0.168. The Morgan fingerprint density at radius 2 is 1.70 bits per heavy atom. The molecule has 2 aromatic carbocycles. The lowest BCUT2D eigenvalue weighted by Gasteiger charge is -2.48. The van der Waals surface area contributed by atoms with E-state index < -0.39 is 0 Å². The zero-order chi connectivity index (χ0) is 30.9. The number of hydrogen-bond acceptors (Lipinski definition) is 7. The van der Waals surface area contributed by atoms with Crippen LogP contribution in [0.1, 0.15) is 81.4 Å². The summed E-state index contributed by atoms with van der Waals surface area (Å²) in [5.74, 6) is 0.791. The monoisotopic (exact) mass is 592 g/mol. The van der Waals surface area contributed by atoms with Crippen molar-refractivity contribution in [3.63, 3.8) is 0 Å². The van der Waals surface area contributed by atoms with E-state index in [1.807, 2.05) is 36.1 Å². The summed E-state index contributed by atoms with van der Waals surface area (Å²) in [6.45, 7) is 18.0. The zero-order valence-electron chi connectivity index (χ0n) is 26.9. The molecule has 2 aliphatic rings. The van der Waals surface area contributed by atoms with E-state index >= 15 is 0 Å². The average molecular weight is 593 g/mol. The van der Waals surface area contributed by atoms with Crippen molar-refractivity contribution in [2.24, 2.45) is 5.92 Å². The van der Waals surface area contributed by atoms with Gasteiger partial charge in [-0.05, 0) is 75.0 Å². The zero-order valence-corrected chi connectivity index (χ0v) is 26.9. The molecule has 2 aliphatic heterocycles. The van der Waals surface area contributed by atoms with E-state index in [1.165, 1.54) is 6.42 Å². The summed E-state index contributed by atoms with van der Waals surface area (Å²) in [5.41, 5.74) is 2.79. The summed E-state index contributed by atoms with van der Waals surface area (Å²) >= 11 is 0. The molecule has 8 heteroatoms. The van der Waals surface area contributed by atoms with Crippen molar-refractivity contribution in [2.45, 2.75) is 72.0 Å². The predicted octanol–water partition coefficient (Wildman–Crippen LogP) is 5.02. The van der Waals surface area contributed by atoms with Gasteiger partial charge in [-0.25, -0.2) is 0 Å². The van der Waals surface area contributed by atoms with Crippen LogP contribution in [0.2, 0.25) is 0 Å². The van der Waals surface area contributed by atoms with Gasteiger partial charge in [0.05, 0.1) is 19.1 Å². The van der Waals surface area contributed by atoms with Gasteiger partial charge in [-0.2, -0.15) is 0 Å². The molecule has 4 rings (SSSR count). The second-order valence-corrected chi connectivity index (χ2v) is 12.5. The second-order valence-electron chi connectivity index (χ2n) is 12.5. The fourth-order valence-corrected chi connectivity index (χ4v) is 6.54. The van der Waals surface area contributed by atoms with Crippen LogP contribution < -0.4 is 0 Å². The Labute approximate surface area is 258 Å². The Balaban J connectivity index is 1.53. The van der Waals surface area contributed by atoms with Crippen LogP contribution in [0.15, 0.2) is 48.5 Å². The van der Waals surface area contributed by atoms with Crippen LogP contribution in [-0.2, 0) is 9.53 Å². The van der Waals surface area contributed by atoms with Crippen LogP contribution in [0.4, 0.5) is 0 Å². The second kappa shape index (κ2) is 15.7. The van der Waals surface area contributed by atoms with E-state index in [9.17, 15) is 14.7 Å². The molecule has 2 saturated heterocycles. The highest BCUT2D eigenvalue weighted by molar-refractivity contribution is 5.94. The Morgan fingerprint density at radius 3 is 2.42 bits per heavy atom. The third-order valence-corrected chi connectivity index (χ3v) is 9.19. The van der Waals surface area contributed by atoms with Crippen LogP contribution in [0, 0.1) is 5.92 Å². The summed E-state index contributed by atoms with van der Waals surface area (Å²) in [6, 6.07) is 16.3. The molecule has 1 N–H and O–H groups in total. The molecule has 0 spiro atoms. The molecule has 2 fully saturated rings. The number of carbonyl (C=O) groups is 2. The fourth-order valence-electron chi connectivity index (χ4n) is 6.54. The molecule has 43 heavy (non-hydrogen) atoms. The topological polar surface area (TPSA) is 76.6 Å². The third kappa shape index (κ3) is 8.80. The van der Waals surface area contributed by atoms with E-state index in [0.717, 1.165) is 50.3 Å². The minimum absolute atomic E-state index is 0.0449. The lowest BCUT2D eigenvalue weighted by Crippen LogP contribution is -2.57. The van der Waals surface area contributed by atoms with Crippen LogP contribution in [0.5, 0.6) is 5.75 Å². The molecule has 1 unspecified atom stereocenters. The van der Waals surface area contributed by atoms with Crippen LogP contribution >= 0.6 is 0 Å². The third-order valence-electron chi connectivity index (χ3n) is 9.19. The number of rotatable bonds is 11. The number of nitrogens with zero attached hydrogens (tertiary/aromatic N) is 4. The highest BCUT2D eigenvalue weighted by atomic mass is 16.5. The number of aromatic hydroxyl groups is 1. The molecule has 0 bridgehead atoms. The van der Waals surface area contributed by atoms with Crippen LogP contribution in [-0.4, -0.2) is 108 Å². The first-order chi connectivity index (χ1) is 20.7. The van der Waals surface area contributed by atoms with Crippen molar-refractivity contribution < 1.29 is 19.4 Å². The lowest BCUT2D eigenvalue weighted by molar-refractivity contribution is -0.143. The van der Waals surface area contributed by atoms with E-state index in [4.69, 9.17) is 4.74 Å². The number of phenols is 1. The molecule has 8 nitrogen and oxygen atoms in total. The fraction of sp³-hybridized carbons (Fsp3) is 0.600. The number of carbonyl (C=O) groups excluding carboxylic acids is 2. The summed E-state index contributed by atoms with van der Waals surface area (Å²) in [7, 11) is 0. The van der Waals surface area contributed by atoms with E-state index in [1.54, 1.807) is 6.07 Å². The molecule has 4 atom stereocenters. The maximum Gasteiger partial charge on any atom is 0.307 e. The Bertz CT molecular complexity index is 1210. The summed E-state index contributed by atoms with van der Waals surface area (Å²) in [6.07, 6.45) is 2.43. The minimum Gasteiger partial charge on any atom is -0.508 e. The number of ether oxygens (including phenoxy) is 1. The number of benzene rings is 2. The molecular formula is C35H52N4O4. The van der Waals surface area contributed by atoms with Gasteiger partial charge in [0.25, 0.3) is 5.91 Å². The van der Waals surface area contributed by atoms with Crippen molar-refractivity contribution in [1.29, 1.82) is 0 Å². The Morgan fingerprint density at radius 1 is 0.953 bits per heavy atom. The molecular weight excluding hydrogens is 540 g/mol.